The summed E-state index contributed by atoms with van der Waals surface area (Å²) in [5, 5.41) is 1.03. The van der Waals surface area contributed by atoms with Gasteiger partial charge in [0, 0.05) is 29.6 Å². The third kappa shape index (κ3) is 3.94. The van der Waals surface area contributed by atoms with Crippen LogP contribution < -0.4 is 0 Å². The van der Waals surface area contributed by atoms with Gasteiger partial charge in [-0.05, 0) is 54.4 Å². The van der Waals surface area contributed by atoms with E-state index in [1.807, 2.05) is 45.0 Å². The quantitative estimate of drug-likeness (QED) is 0.807. The van der Waals surface area contributed by atoms with Crippen LogP contribution in [0.25, 0.3) is 10.9 Å². The Morgan fingerprint density at radius 3 is 2.71 bits per heavy atom. The number of benzene rings is 1. The van der Waals surface area contributed by atoms with E-state index in [-0.39, 0.29) is 6.09 Å². The molecule has 21 heavy (non-hydrogen) atoms. The van der Waals surface area contributed by atoms with Crippen LogP contribution in [0.3, 0.4) is 0 Å². The largest absolute Gasteiger partial charge is 0.444 e. The van der Waals surface area contributed by atoms with E-state index in [1.165, 1.54) is 0 Å². The predicted octanol–water partition coefficient (Wildman–Crippen LogP) is 4.36. The van der Waals surface area contributed by atoms with E-state index in [0.717, 1.165) is 20.9 Å². The summed E-state index contributed by atoms with van der Waals surface area (Å²) in [7, 11) is 1.73. The van der Waals surface area contributed by atoms with Crippen molar-refractivity contribution in [2.24, 2.45) is 0 Å². The van der Waals surface area contributed by atoms with Crippen molar-refractivity contribution in [1.29, 1.82) is 0 Å². The summed E-state index contributed by atoms with van der Waals surface area (Å²) in [5.41, 5.74) is 1.44. The summed E-state index contributed by atoms with van der Waals surface area (Å²) in [5.74, 6) is 0. The molecule has 0 aliphatic heterocycles. The first-order valence-electron chi connectivity index (χ1n) is 6.74. The zero-order valence-electron chi connectivity index (χ0n) is 12.7. The molecule has 1 aromatic heterocycles. The highest BCUT2D eigenvalue weighted by atomic mass is 79.9. The molecule has 4 nitrogen and oxygen atoms in total. The summed E-state index contributed by atoms with van der Waals surface area (Å²) >= 11 is 3.50. The minimum Gasteiger partial charge on any atom is -0.444 e. The van der Waals surface area contributed by atoms with Crippen LogP contribution in [0, 0.1) is 0 Å². The van der Waals surface area contributed by atoms with Crippen LogP contribution in [-0.2, 0) is 11.3 Å². The number of para-hydroxylation sites is 1. The Morgan fingerprint density at radius 1 is 1.33 bits per heavy atom. The Bertz CT molecular complexity index is 665. The Hall–Kier alpha value is -1.62. The fourth-order valence-electron chi connectivity index (χ4n) is 2.00. The van der Waals surface area contributed by atoms with E-state index in [4.69, 9.17) is 4.74 Å². The van der Waals surface area contributed by atoms with Crippen molar-refractivity contribution in [3.8, 4) is 0 Å². The van der Waals surface area contributed by atoms with Crippen LogP contribution >= 0.6 is 15.9 Å². The lowest BCUT2D eigenvalue weighted by Crippen LogP contribution is -2.33. The number of pyridine rings is 1. The maximum absolute atomic E-state index is 12.0. The molecule has 2 rings (SSSR count). The Balaban J connectivity index is 2.24. The zero-order valence-corrected chi connectivity index (χ0v) is 14.3. The predicted molar refractivity (Wildman–Crippen MR) is 87.1 cm³/mol. The number of hydrogen-bond acceptors (Lipinski definition) is 3. The lowest BCUT2D eigenvalue weighted by atomic mass is 10.1. The molecule has 0 aliphatic carbocycles. The van der Waals surface area contributed by atoms with E-state index < -0.39 is 5.60 Å². The number of carbonyl (C=O) groups is 1. The number of aromatic nitrogens is 1. The SMILES string of the molecule is CN(Cc1ccnc2c(Br)cccc12)C(=O)OC(C)(C)C. The molecule has 0 aliphatic rings. The van der Waals surface area contributed by atoms with Crippen LogP contribution in [0.15, 0.2) is 34.9 Å². The van der Waals surface area contributed by atoms with Crippen molar-refractivity contribution in [2.45, 2.75) is 32.9 Å². The normalized spacial score (nSPS) is 11.5. The third-order valence-electron chi connectivity index (χ3n) is 2.92. The van der Waals surface area contributed by atoms with Crippen molar-refractivity contribution < 1.29 is 9.53 Å². The van der Waals surface area contributed by atoms with Crippen LogP contribution in [-0.4, -0.2) is 28.6 Å². The smallest absolute Gasteiger partial charge is 0.410 e. The van der Waals surface area contributed by atoms with Gasteiger partial charge in [-0.1, -0.05) is 12.1 Å². The van der Waals surface area contributed by atoms with E-state index in [9.17, 15) is 4.79 Å². The summed E-state index contributed by atoms with van der Waals surface area (Å²) in [6.07, 6.45) is 1.42. The molecule has 1 aromatic carbocycles. The lowest BCUT2D eigenvalue weighted by molar-refractivity contribution is 0.0286. The van der Waals surface area contributed by atoms with Crippen LogP contribution in [0.5, 0.6) is 0 Å². The van der Waals surface area contributed by atoms with E-state index in [1.54, 1.807) is 18.1 Å². The van der Waals surface area contributed by atoms with Crippen LogP contribution in [0.2, 0.25) is 0 Å². The second-order valence-corrected chi connectivity index (χ2v) is 6.80. The van der Waals surface area contributed by atoms with Gasteiger partial charge in [-0.15, -0.1) is 0 Å². The molecule has 0 unspecified atom stereocenters. The van der Waals surface area contributed by atoms with E-state index >= 15 is 0 Å². The number of fused-ring (bicyclic) bond motifs is 1. The van der Waals surface area contributed by atoms with Crippen LogP contribution in [0.1, 0.15) is 26.3 Å². The molecule has 0 atom stereocenters. The average Bonchev–Trinajstić information content (AvgIpc) is 2.38. The van der Waals surface area contributed by atoms with Gasteiger partial charge in [0.1, 0.15) is 5.60 Å². The highest BCUT2D eigenvalue weighted by Crippen LogP contribution is 2.25. The highest BCUT2D eigenvalue weighted by molar-refractivity contribution is 9.10. The summed E-state index contributed by atoms with van der Waals surface area (Å²) in [6.45, 7) is 6.05. The Morgan fingerprint density at radius 2 is 2.05 bits per heavy atom. The molecule has 112 valence electrons. The fraction of sp³-hybridized carbons (Fsp3) is 0.375. The molecular weight excluding hydrogens is 332 g/mol. The zero-order chi connectivity index (χ0) is 15.6. The molecule has 1 heterocycles. The van der Waals surface area contributed by atoms with E-state index in [2.05, 4.69) is 20.9 Å². The summed E-state index contributed by atoms with van der Waals surface area (Å²) in [4.78, 5) is 18.0. The molecule has 1 amide bonds. The van der Waals surface area contributed by atoms with Gasteiger partial charge >= 0.3 is 6.09 Å². The molecule has 2 aromatic rings. The monoisotopic (exact) mass is 350 g/mol. The van der Waals surface area contributed by atoms with Gasteiger partial charge in [0.15, 0.2) is 0 Å². The first-order chi connectivity index (χ1) is 9.78. The standard InChI is InChI=1S/C16H19BrN2O2/c1-16(2,3)21-15(20)19(4)10-11-8-9-18-14-12(11)6-5-7-13(14)17/h5-9H,10H2,1-4H3. The van der Waals surface area contributed by atoms with Crippen molar-refractivity contribution in [3.63, 3.8) is 0 Å². The van der Waals surface area contributed by atoms with Crippen molar-refractivity contribution >= 4 is 32.9 Å². The molecule has 0 radical (unpaired) electrons. The lowest BCUT2D eigenvalue weighted by Gasteiger charge is -2.25. The highest BCUT2D eigenvalue weighted by Gasteiger charge is 2.20. The topological polar surface area (TPSA) is 42.4 Å². The molecule has 0 saturated carbocycles. The fourth-order valence-corrected chi connectivity index (χ4v) is 2.46. The Labute approximate surface area is 133 Å². The maximum Gasteiger partial charge on any atom is 0.410 e. The first kappa shape index (κ1) is 15.8. The number of rotatable bonds is 2. The Kier molecular flexibility index (Phi) is 4.52. The maximum atomic E-state index is 12.0. The minimum absolute atomic E-state index is 0.331. The van der Waals surface area contributed by atoms with Crippen molar-refractivity contribution in [3.05, 3.63) is 40.5 Å². The average molecular weight is 351 g/mol. The van der Waals surface area contributed by atoms with Gasteiger partial charge in [0.05, 0.1) is 5.52 Å². The summed E-state index contributed by atoms with van der Waals surface area (Å²) < 4.78 is 6.32. The second kappa shape index (κ2) is 6.02. The minimum atomic E-state index is -0.491. The molecule has 0 saturated heterocycles. The summed E-state index contributed by atoms with van der Waals surface area (Å²) in [6, 6.07) is 7.85. The van der Waals surface area contributed by atoms with Gasteiger partial charge in [0.25, 0.3) is 0 Å². The number of ether oxygens (including phenoxy) is 1. The number of amides is 1. The number of nitrogens with zero attached hydrogens (tertiary/aromatic N) is 2. The van der Waals surface area contributed by atoms with Gasteiger partial charge in [-0.3, -0.25) is 4.98 Å². The molecular formula is C16H19BrN2O2. The molecule has 0 fully saturated rings. The van der Waals surface area contributed by atoms with Crippen molar-refractivity contribution in [2.75, 3.05) is 7.05 Å². The van der Waals surface area contributed by atoms with Gasteiger partial charge in [-0.2, -0.15) is 0 Å². The molecule has 0 N–H and O–H groups in total. The van der Waals surface area contributed by atoms with Gasteiger partial charge in [-0.25, -0.2) is 4.79 Å². The van der Waals surface area contributed by atoms with Gasteiger partial charge in [0.2, 0.25) is 0 Å². The van der Waals surface area contributed by atoms with Crippen LogP contribution in [0.4, 0.5) is 4.79 Å². The van der Waals surface area contributed by atoms with Crippen molar-refractivity contribution in [1.82, 2.24) is 9.88 Å². The van der Waals surface area contributed by atoms with Gasteiger partial charge < -0.3 is 9.64 Å². The first-order valence-corrected chi connectivity index (χ1v) is 7.53. The van der Waals surface area contributed by atoms with E-state index in [0.29, 0.717) is 6.54 Å². The number of halogens is 1. The number of carbonyl (C=O) groups excluding carboxylic acids is 1. The molecule has 5 heteroatoms. The second-order valence-electron chi connectivity index (χ2n) is 5.94. The third-order valence-corrected chi connectivity index (χ3v) is 3.56. The molecule has 0 bridgehead atoms. The number of hydrogen-bond donors (Lipinski definition) is 0. The molecule has 0 spiro atoms.